The number of aliphatic hydroxyl groups excluding tert-OH is 1. The summed E-state index contributed by atoms with van der Waals surface area (Å²) in [5, 5.41) is 8.72. The largest absolute Gasteiger partial charge is 0.396 e. The zero-order valence-electron chi connectivity index (χ0n) is 6.21. The summed E-state index contributed by atoms with van der Waals surface area (Å²) in [6, 6.07) is 0. The summed E-state index contributed by atoms with van der Waals surface area (Å²) in [7, 11) is 0. The van der Waals surface area contributed by atoms with Crippen LogP contribution in [0.5, 0.6) is 0 Å². The van der Waals surface area contributed by atoms with Gasteiger partial charge in [-0.05, 0) is 6.92 Å². The molecule has 58 valence electrons. The minimum atomic E-state index is 0.141. The Labute approximate surface area is 60.6 Å². The van der Waals surface area contributed by atoms with Gasteiger partial charge in [0.05, 0.1) is 0 Å². The molecule has 3 nitrogen and oxygen atoms in total. The molecule has 0 saturated carbocycles. The van der Waals surface area contributed by atoms with Crippen LogP contribution in [0.3, 0.4) is 0 Å². The SMILES string of the molecule is CCN1C[C@@H](CO)CC1=O. The van der Waals surface area contributed by atoms with Gasteiger partial charge in [0, 0.05) is 32.0 Å². The van der Waals surface area contributed by atoms with Gasteiger partial charge in [0.25, 0.3) is 0 Å². The normalized spacial score (nSPS) is 26.0. The Kier molecular flexibility index (Phi) is 2.27. The summed E-state index contributed by atoms with van der Waals surface area (Å²) in [6.45, 7) is 3.61. The van der Waals surface area contributed by atoms with Gasteiger partial charge in [-0.15, -0.1) is 0 Å². The molecule has 1 heterocycles. The Morgan fingerprint density at radius 1 is 1.80 bits per heavy atom. The topological polar surface area (TPSA) is 40.5 Å². The van der Waals surface area contributed by atoms with Crippen molar-refractivity contribution in [2.45, 2.75) is 13.3 Å². The van der Waals surface area contributed by atoms with E-state index in [-0.39, 0.29) is 18.4 Å². The Bertz CT molecular complexity index is 136. The minimum absolute atomic E-state index is 0.141. The highest BCUT2D eigenvalue weighted by molar-refractivity contribution is 5.78. The van der Waals surface area contributed by atoms with Crippen LogP contribution < -0.4 is 0 Å². The smallest absolute Gasteiger partial charge is 0.223 e. The molecule has 1 N–H and O–H groups in total. The second-order valence-electron chi connectivity index (χ2n) is 2.69. The lowest BCUT2D eigenvalue weighted by Crippen LogP contribution is -2.24. The average molecular weight is 143 g/mol. The molecular weight excluding hydrogens is 130 g/mol. The average Bonchev–Trinajstić information content (AvgIpc) is 2.30. The van der Waals surface area contributed by atoms with E-state index >= 15 is 0 Å². The van der Waals surface area contributed by atoms with E-state index in [0.29, 0.717) is 6.42 Å². The number of likely N-dealkylation sites (tertiary alicyclic amines) is 1. The highest BCUT2D eigenvalue weighted by atomic mass is 16.3. The van der Waals surface area contributed by atoms with E-state index in [0.717, 1.165) is 13.1 Å². The first-order valence-corrected chi connectivity index (χ1v) is 3.66. The standard InChI is InChI=1S/C7H13NO2/c1-2-8-4-6(5-9)3-7(8)10/h6,9H,2-5H2,1H3/t6-/m0/s1. The molecule has 1 aliphatic rings. The first kappa shape index (κ1) is 7.54. The molecule has 1 atom stereocenters. The zero-order valence-corrected chi connectivity index (χ0v) is 6.21. The van der Waals surface area contributed by atoms with Crippen molar-refractivity contribution < 1.29 is 9.90 Å². The number of carbonyl (C=O) groups is 1. The van der Waals surface area contributed by atoms with Crippen molar-refractivity contribution in [3.63, 3.8) is 0 Å². The second kappa shape index (κ2) is 3.01. The van der Waals surface area contributed by atoms with E-state index in [4.69, 9.17) is 5.11 Å². The van der Waals surface area contributed by atoms with Crippen molar-refractivity contribution in [2.75, 3.05) is 19.7 Å². The van der Waals surface area contributed by atoms with Gasteiger partial charge in [-0.25, -0.2) is 0 Å². The van der Waals surface area contributed by atoms with Crippen LogP contribution in [0.25, 0.3) is 0 Å². The van der Waals surface area contributed by atoms with E-state index in [1.54, 1.807) is 4.90 Å². The van der Waals surface area contributed by atoms with Crippen LogP contribution in [0.1, 0.15) is 13.3 Å². The van der Waals surface area contributed by atoms with E-state index in [1.165, 1.54) is 0 Å². The molecule has 0 bridgehead atoms. The monoisotopic (exact) mass is 143 g/mol. The van der Waals surface area contributed by atoms with Gasteiger partial charge in [0.15, 0.2) is 0 Å². The van der Waals surface area contributed by atoms with Crippen LogP contribution >= 0.6 is 0 Å². The maximum atomic E-state index is 11.0. The van der Waals surface area contributed by atoms with Gasteiger partial charge in [-0.3, -0.25) is 4.79 Å². The fourth-order valence-electron chi connectivity index (χ4n) is 1.28. The molecule has 1 rings (SSSR count). The number of hydrogen-bond donors (Lipinski definition) is 1. The van der Waals surface area contributed by atoms with Crippen molar-refractivity contribution >= 4 is 5.91 Å². The predicted molar refractivity (Wildman–Crippen MR) is 37.4 cm³/mol. The highest BCUT2D eigenvalue weighted by Gasteiger charge is 2.27. The molecule has 1 fully saturated rings. The molecular formula is C7H13NO2. The maximum absolute atomic E-state index is 11.0. The number of carbonyl (C=O) groups excluding carboxylic acids is 1. The molecule has 0 spiro atoms. The van der Waals surface area contributed by atoms with Gasteiger partial charge >= 0.3 is 0 Å². The van der Waals surface area contributed by atoms with E-state index < -0.39 is 0 Å². The second-order valence-corrected chi connectivity index (χ2v) is 2.69. The van der Waals surface area contributed by atoms with Crippen molar-refractivity contribution in [1.82, 2.24) is 4.90 Å². The molecule has 0 aromatic heterocycles. The highest BCUT2D eigenvalue weighted by Crippen LogP contribution is 2.15. The number of aliphatic hydroxyl groups is 1. The number of nitrogens with zero attached hydrogens (tertiary/aromatic N) is 1. The molecule has 1 saturated heterocycles. The summed E-state index contributed by atoms with van der Waals surface area (Å²) < 4.78 is 0. The summed E-state index contributed by atoms with van der Waals surface area (Å²) in [5.74, 6) is 0.369. The Morgan fingerprint density at radius 2 is 2.50 bits per heavy atom. The van der Waals surface area contributed by atoms with E-state index in [2.05, 4.69) is 0 Å². The Hall–Kier alpha value is -0.570. The van der Waals surface area contributed by atoms with Gasteiger partial charge in [0.1, 0.15) is 0 Å². The maximum Gasteiger partial charge on any atom is 0.223 e. The number of rotatable bonds is 2. The molecule has 0 unspecified atom stereocenters. The molecule has 10 heavy (non-hydrogen) atoms. The van der Waals surface area contributed by atoms with Crippen LogP contribution in [0.4, 0.5) is 0 Å². The quantitative estimate of drug-likeness (QED) is 0.584. The van der Waals surface area contributed by atoms with Crippen LogP contribution in [-0.4, -0.2) is 35.6 Å². The third-order valence-corrected chi connectivity index (χ3v) is 1.93. The molecule has 0 aliphatic carbocycles. The number of hydrogen-bond acceptors (Lipinski definition) is 2. The summed E-state index contributed by atoms with van der Waals surface area (Å²) in [4.78, 5) is 12.8. The van der Waals surface area contributed by atoms with Gasteiger partial charge in [-0.1, -0.05) is 0 Å². The van der Waals surface area contributed by atoms with E-state index in [1.807, 2.05) is 6.92 Å². The van der Waals surface area contributed by atoms with Gasteiger partial charge in [-0.2, -0.15) is 0 Å². The Balaban J connectivity index is 2.44. The molecule has 0 aromatic rings. The van der Waals surface area contributed by atoms with Crippen molar-refractivity contribution in [3.05, 3.63) is 0 Å². The summed E-state index contributed by atoms with van der Waals surface area (Å²) >= 11 is 0. The summed E-state index contributed by atoms with van der Waals surface area (Å²) in [6.07, 6.45) is 0.532. The molecule has 0 aromatic carbocycles. The fraction of sp³-hybridized carbons (Fsp3) is 0.857. The van der Waals surface area contributed by atoms with Crippen molar-refractivity contribution in [3.8, 4) is 0 Å². The minimum Gasteiger partial charge on any atom is -0.396 e. The molecule has 1 amide bonds. The summed E-state index contributed by atoms with van der Waals surface area (Å²) in [5.41, 5.74) is 0. The lowest BCUT2D eigenvalue weighted by molar-refractivity contribution is -0.127. The zero-order chi connectivity index (χ0) is 7.56. The Morgan fingerprint density at radius 3 is 2.80 bits per heavy atom. The predicted octanol–water partition coefficient (Wildman–Crippen LogP) is -0.153. The van der Waals surface area contributed by atoms with Gasteiger partial charge < -0.3 is 10.0 Å². The number of amides is 1. The van der Waals surface area contributed by atoms with Crippen molar-refractivity contribution in [2.24, 2.45) is 5.92 Å². The molecule has 1 aliphatic heterocycles. The fourth-order valence-corrected chi connectivity index (χ4v) is 1.28. The van der Waals surface area contributed by atoms with Gasteiger partial charge in [0.2, 0.25) is 5.91 Å². The first-order valence-electron chi connectivity index (χ1n) is 3.66. The third-order valence-electron chi connectivity index (χ3n) is 1.93. The lowest BCUT2D eigenvalue weighted by Gasteiger charge is -2.11. The van der Waals surface area contributed by atoms with E-state index in [9.17, 15) is 4.79 Å². The molecule has 0 radical (unpaired) electrons. The van der Waals surface area contributed by atoms with Crippen molar-refractivity contribution in [1.29, 1.82) is 0 Å². The first-order chi connectivity index (χ1) is 4.77. The van der Waals surface area contributed by atoms with Crippen LogP contribution in [0.2, 0.25) is 0 Å². The lowest BCUT2D eigenvalue weighted by atomic mass is 10.1. The van der Waals surface area contributed by atoms with Crippen LogP contribution in [-0.2, 0) is 4.79 Å². The molecule has 3 heteroatoms. The van der Waals surface area contributed by atoms with Crippen LogP contribution in [0.15, 0.2) is 0 Å². The van der Waals surface area contributed by atoms with Crippen LogP contribution in [0, 0.1) is 5.92 Å². The third kappa shape index (κ3) is 1.29.